The van der Waals surface area contributed by atoms with Crippen LogP contribution in [0, 0.1) is 5.82 Å². The minimum Gasteiger partial charge on any atom is -0.411 e. The molecule has 116 valence electrons. The van der Waals surface area contributed by atoms with E-state index < -0.39 is 0 Å². The van der Waals surface area contributed by atoms with Gasteiger partial charge in [-0.05, 0) is 37.1 Å². The summed E-state index contributed by atoms with van der Waals surface area (Å²) in [4.78, 5) is 11.9. The molecule has 0 aliphatic heterocycles. The molecule has 1 aromatic heterocycles. The first-order chi connectivity index (χ1) is 10.7. The maximum atomic E-state index is 12.9. The Kier molecular flexibility index (Phi) is 4.72. The Morgan fingerprint density at radius 2 is 1.91 bits per heavy atom. The van der Waals surface area contributed by atoms with Crippen LogP contribution in [0.5, 0.6) is 0 Å². The Morgan fingerprint density at radius 3 is 2.64 bits per heavy atom. The summed E-state index contributed by atoms with van der Waals surface area (Å²) < 4.78 is 18.3. The molecule has 0 atom stereocenters. The van der Waals surface area contributed by atoms with Crippen LogP contribution in [0.1, 0.15) is 32.1 Å². The van der Waals surface area contributed by atoms with Gasteiger partial charge in [-0.3, -0.25) is 4.79 Å². The predicted molar refractivity (Wildman–Crippen MR) is 81.0 cm³/mol. The molecule has 5 nitrogen and oxygen atoms in total. The number of nitrogens with zero attached hydrogens (tertiary/aromatic N) is 2. The summed E-state index contributed by atoms with van der Waals surface area (Å²) >= 11 is 0.892. The van der Waals surface area contributed by atoms with Crippen molar-refractivity contribution in [2.75, 3.05) is 0 Å². The lowest BCUT2D eigenvalue weighted by molar-refractivity contribution is 0.253. The molecule has 2 aromatic rings. The molecule has 1 aliphatic carbocycles. The van der Waals surface area contributed by atoms with Gasteiger partial charge in [0.05, 0.1) is 0 Å². The summed E-state index contributed by atoms with van der Waals surface area (Å²) in [6, 6.07) is 6.00. The zero-order valence-corrected chi connectivity index (χ0v) is 12.7. The Hall–Kier alpha value is -1.89. The van der Waals surface area contributed by atoms with Crippen molar-refractivity contribution in [3.05, 3.63) is 30.1 Å². The van der Waals surface area contributed by atoms with Gasteiger partial charge in [-0.15, -0.1) is 10.2 Å². The van der Waals surface area contributed by atoms with E-state index in [9.17, 15) is 9.18 Å². The molecule has 7 heteroatoms. The highest BCUT2D eigenvalue weighted by Crippen LogP contribution is 2.25. The smallest absolute Gasteiger partial charge is 0.288 e. The van der Waals surface area contributed by atoms with Crippen molar-refractivity contribution in [1.82, 2.24) is 15.5 Å². The second-order valence-electron chi connectivity index (χ2n) is 5.25. The molecule has 0 radical (unpaired) electrons. The van der Waals surface area contributed by atoms with E-state index in [4.69, 9.17) is 4.42 Å². The first kappa shape index (κ1) is 15.0. The van der Waals surface area contributed by atoms with E-state index in [0.29, 0.717) is 5.56 Å². The quantitative estimate of drug-likeness (QED) is 0.865. The maximum Gasteiger partial charge on any atom is 0.288 e. The van der Waals surface area contributed by atoms with Crippen LogP contribution in [0.15, 0.2) is 33.9 Å². The molecule has 3 rings (SSSR count). The molecule has 1 aromatic carbocycles. The number of nitrogens with one attached hydrogen (secondary N) is 1. The van der Waals surface area contributed by atoms with Gasteiger partial charge < -0.3 is 9.73 Å². The molecule has 1 fully saturated rings. The zero-order chi connectivity index (χ0) is 15.4. The molecular formula is C15H16FN3O2S. The van der Waals surface area contributed by atoms with Gasteiger partial charge in [0.15, 0.2) is 0 Å². The van der Waals surface area contributed by atoms with Gasteiger partial charge in [0.1, 0.15) is 5.82 Å². The lowest BCUT2D eigenvalue weighted by Crippen LogP contribution is -2.33. The highest BCUT2D eigenvalue weighted by molar-refractivity contribution is 8.13. The Balaban J connectivity index is 1.59. The molecule has 22 heavy (non-hydrogen) atoms. The molecule has 1 amide bonds. The second kappa shape index (κ2) is 6.91. The molecular weight excluding hydrogens is 305 g/mol. The number of halogens is 1. The van der Waals surface area contributed by atoms with Crippen LogP contribution >= 0.6 is 11.8 Å². The van der Waals surface area contributed by atoms with Crippen molar-refractivity contribution in [2.24, 2.45) is 0 Å². The Labute approximate surface area is 131 Å². The fraction of sp³-hybridized carbons (Fsp3) is 0.400. The SMILES string of the molecule is O=C(NC1CCCCC1)Sc1nnc(-c2ccc(F)cc2)o1. The standard InChI is InChI=1S/C15H16FN3O2S/c16-11-8-6-10(7-9-11)13-18-19-15(21-13)22-14(20)17-12-4-2-1-3-5-12/h6-9,12H,1-5H2,(H,17,20). The topological polar surface area (TPSA) is 68.0 Å². The van der Waals surface area contributed by atoms with Crippen LogP contribution in [0.2, 0.25) is 0 Å². The van der Waals surface area contributed by atoms with E-state index >= 15 is 0 Å². The van der Waals surface area contributed by atoms with Crippen molar-refractivity contribution in [2.45, 2.75) is 43.4 Å². The number of carbonyl (C=O) groups excluding carboxylic acids is 1. The van der Waals surface area contributed by atoms with Crippen molar-refractivity contribution < 1.29 is 13.6 Å². The van der Waals surface area contributed by atoms with Gasteiger partial charge >= 0.3 is 0 Å². The number of amides is 1. The molecule has 1 saturated carbocycles. The molecule has 0 bridgehead atoms. The average molecular weight is 321 g/mol. The summed E-state index contributed by atoms with van der Waals surface area (Å²) in [5.41, 5.74) is 0.619. The lowest BCUT2D eigenvalue weighted by atomic mass is 9.96. The van der Waals surface area contributed by atoms with Gasteiger partial charge in [-0.2, -0.15) is 0 Å². The number of hydrogen-bond acceptors (Lipinski definition) is 5. The van der Waals surface area contributed by atoms with Crippen molar-refractivity contribution in [3.63, 3.8) is 0 Å². The lowest BCUT2D eigenvalue weighted by Gasteiger charge is -2.21. The number of carbonyl (C=O) groups is 1. The third-order valence-electron chi connectivity index (χ3n) is 3.60. The van der Waals surface area contributed by atoms with Crippen LogP contribution in [-0.2, 0) is 0 Å². The number of benzene rings is 1. The van der Waals surface area contributed by atoms with Crippen molar-refractivity contribution in [1.29, 1.82) is 0 Å². The largest absolute Gasteiger partial charge is 0.411 e. The third-order valence-corrected chi connectivity index (χ3v) is 4.25. The highest BCUT2D eigenvalue weighted by atomic mass is 32.2. The number of hydrogen-bond donors (Lipinski definition) is 1. The summed E-state index contributed by atoms with van der Waals surface area (Å²) in [6.07, 6.45) is 5.61. The van der Waals surface area contributed by atoms with Crippen LogP contribution < -0.4 is 5.32 Å². The van der Waals surface area contributed by atoms with E-state index in [1.807, 2.05) is 0 Å². The van der Waals surface area contributed by atoms with E-state index in [-0.39, 0.29) is 28.2 Å². The van der Waals surface area contributed by atoms with E-state index in [1.54, 1.807) is 12.1 Å². The van der Waals surface area contributed by atoms with Gasteiger partial charge in [-0.1, -0.05) is 19.3 Å². The van der Waals surface area contributed by atoms with E-state index in [1.165, 1.54) is 18.6 Å². The van der Waals surface area contributed by atoms with Crippen LogP contribution in [-0.4, -0.2) is 21.5 Å². The van der Waals surface area contributed by atoms with Crippen LogP contribution in [0.25, 0.3) is 11.5 Å². The molecule has 0 saturated heterocycles. The summed E-state index contributed by atoms with van der Waals surface area (Å²) in [5.74, 6) is -0.0577. The minimum atomic E-state index is -0.329. The summed E-state index contributed by atoms with van der Waals surface area (Å²) in [5, 5.41) is 10.7. The Bertz CT molecular complexity index is 638. The normalized spacial score (nSPS) is 15.7. The van der Waals surface area contributed by atoms with Gasteiger partial charge in [0, 0.05) is 23.4 Å². The van der Waals surface area contributed by atoms with Crippen LogP contribution in [0.4, 0.5) is 9.18 Å². The van der Waals surface area contributed by atoms with E-state index in [2.05, 4.69) is 15.5 Å². The third kappa shape index (κ3) is 3.85. The highest BCUT2D eigenvalue weighted by Gasteiger charge is 2.18. The average Bonchev–Trinajstić information content (AvgIpc) is 2.97. The summed E-state index contributed by atoms with van der Waals surface area (Å²) in [7, 11) is 0. The maximum absolute atomic E-state index is 12.9. The molecule has 1 aliphatic rings. The first-order valence-corrected chi connectivity index (χ1v) is 8.10. The molecule has 1 heterocycles. The fourth-order valence-electron chi connectivity index (χ4n) is 2.48. The van der Waals surface area contributed by atoms with Crippen LogP contribution in [0.3, 0.4) is 0 Å². The van der Waals surface area contributed by atoms with Gasteiger partial charge in [0.2, 0.25) is 5.89 Å². The Morgan fingerprint density at radius 1 is 1.18 bits per heavy atom. The number of rotatable bonds is 3. The first-order valence-electron chi connectivity index (χ1n) is 7.28. The van der Waals surface area contributed by atoms with Crippen molar-refractivity contribution >= 4 is 17.0 Å². The van der Waals surface area contributed by atoms with Crippen molar-refractivity contribution in [3.8, 4) is 11.5 Å². The summed E-state index contributed by atoms with van der Waals surface area (Å²) in [6.45, 7) is 0. The predicted octanol–water partition coefficient (Wildman–Crippen LogP) is 4.01. The fourth-order valence-corrected chi connectivity index (χ4v) is 3.07. The molecule has 0 spiro atoms. The molecule has 0 unspecified atom stereocenters. The second-order valence-corrected chi connectivity index (χ2v) is 6.17. The van der Waals surface area contributed by atoms with Gasteiger partial charge in [0.25, 0.3) is 10.5 Å². The minimum absolute atomic E-state index is 0.179. The zero-order valence-electron chi connectivity index (χ0n) is 11.9. The monoisotopic (exact) mass is 321 g/mol. The van der Waals surface area contributed by atoms with Gasteiger partial charge in [-0.25, -0.2) is 4.39 Å². The van der Waals surface area contributed by atoms with E-state index in [0.717, 1.165) is 37.4 Å². The molecule has 1 N–H and O–H groups in total. The number of thioether (sulfide) groups is 1. The number of aromatic nitrogens is 2.